The number of nitrogens with zero attached hydrogens (tertiary/aromatic N) is 2. The van der Waals surface area contributed by atoms with Crippen LogP contribution in [-0.2, 0) is 5.41 Å². The Kier molecular flexibility index (Phi) is 7.47. The van der Waals surface area contributed by atoms with Crippen LogP contribution in [-0.4, -0.2) is 4.57 Å². The molecule has 10 rings (SSSR count). The fraction of sp³-hybridized carbons (Fsp3) is 0.137. The van der Waals surface area contributed by atoms with E-state index in [1.807, 2.05) is 0 Å². The second-order valence-corrected chi connectivity index (χ2v) is 15.2. The van der Waals surface area contributed by atoms with E-state index in [1.54, 1.807) is 0 Å². The van der Waals surface area contributed by atoms with Gasteiger partial charge in [-0.25, -0.2) is 0 Å². The normalized spacial score (nSPS) is 15.8. The standard InChI is InChI=1S/C51H42N2/c1-51(2)47-19-11-9-17-43(47)44-31-30-42(34-48(44)51)52(39-15-7-4-8-16-39)40-26-23-37(24-27-40)38-25-32-50-46(33-38)45-18-10-12-20-49(45)53(50)41-28-21-36(22-29-41)35-13-5-3-6-14-35/h3-5,7-13,15-21,23-28,30-34H,6,14,22,29H2,1-2H3. The highest BCUT2D eigenvalue weighted by Crippen LogP contribution is 2.50. The molecule has 256 valence electrons. The molecule has 0 fully saturated rings. The Balaban J connectivity index is 1.02. The lowest BCUT2D eigenvalue weighted by Crippen LogP contribution is -2.16. The minimum Gasteiger partial charge on any atom is -0.313 e. The predicted molar refractivity (Wildman–Crippen MR) is 225 cm³/mol. The molecule has 7 aromatic rings. The highest BCUT2D eigenvalue weighted by molar-refractivity contribution is 6.11. The zero-order valence-corrected chi connectivity index (χ0v) is 30.4. The van der Waals surface area contributed by atoms with Gasteiger partial charge in [0.15, 0.2) is 0 Å². The lowest BCUT2D eigenvalue weighted by atomic mass is 9.82. The first-order valence-corrected chi connectivity index (χ1v) is 19.0. The fourth-order valence-electron chi connectivity index (χ4n) is 9.07. The molecule has 0 bridgehead atoms. The zero-order chi connectivity index (χ0) is 35.5. The molecule has 3 aliphatic carbocycles. The quantitative estimate of drug-likeness (QED) is 0.169. The van der Waals surface area contributed by atoms with Crippen LogP contribution in [0.4, 0.5) is 17.1 Å². The number of rotatable bonds is 6. The number of hydrogen-bond acceptors (Lipinski definition) is 1. The van der Waals surface area contributed by atoms with Crippen LogP contribution in [0.2, 0.25) is 0 Å². The summed E-state index contributed by atoms with van der Waals surface area (Å²) in [5, 5.41) is 2.60. The molecule has 0 N–H and O–H groups in total. The topological polar surface area (TPSA) is 8.17 Å². The molecule has 2 heteroatoms. The summed E-state index contributed by atoms with van der Waals surface area (Å²) >= 11 is 0. The summed E-state index contributed by atoms with van der Waals surface area (Å²) in [6, 6.07) is 51.6. The highest BCUT2D eigenvalue weighted by atomic mass is 15.1. The predicted octanol–water partition coefficient (Wildman–Crippen LogP) is 14.1. The largest absolute Gasteiger partial charge is 0.313 e. The number of benzene rings is 6. The van der Waals surface area contributed by atoms with Crippen molar-refractivity contribution in [2.24, 2.45) is 0 Å². The van der Waals surface area contributed by atoms with E-state index in [9.17, 15) is 0 Å². The second-order valence-electron chi connectivity index (χ2n) is 15.2. The van der Waals surface area contributed by atoms with Gasteiger partial charge in [-0.2, -0.15) is 0 Å². The number of hydrogen-bond donors (Lipinski definition) is 0. The minimum absolute atomic E-state index is 0.0619. The Bertz CT molecular complexity index is 2680. The Labute approximate surface area is 312 Å². The molecule has 1 aromatic heterocycles. The van der Waals surface area contributed by atoms with Gasteiger partial charge < -0.3 is 9.47 Å². The van der Waals surface area contributed by atoms with E-state index in [1.165, 1.54) is 77.7 Å². The van der Waals surface area contributed by atoms with Crippen molar-refractivity contribution in [1.82, 2.24) is 4.57 Å². The monoisotopic (exact) mass is 682 g/mol. The highest BCUT2D eigenvalue weighted by Gasteiger charge is 2.35. The lowest BCUT2D eigenvalue weighted by Gasteiger charge is -2.28. The summed E-state index contributed by atoms with van der Waals surface area (Å²) in [6.07, 6.45) is 15.9. The maximum Gasteiger partial charge on any atom is 0.0538 e. The van der Waals surface area contributed by atoms with Crippen molar-refractivity contribution in [3.63, 3.8) is 0 Å². The van der Waals surface area contributed by atoms with Gasteiger partial charge in [-0.05, 0) is 131 Å². The molecular formula is C51H42N2. The first kappa shape index (κ1) is 31.6. The van der Waals surface area contributed by atoms with Gasteiger partial charge in [0.25, 0.3) is 0 Å². The SMILES string of the molecule is CC1(C)c2ccccc2-c2ccc(N(c3ccccc3)c3ccc(-c4ccc5c(c4)c4ccccc4n5C4=CC=C(C5=CC=CCC5)CC4)cc3)cc21. The van der Waals surface area contributed by atoms with Crippen LogP contribution in [0, 0.1) is 0 Å². The molecule has 6 aromatic carbocycles. The molecular weight excluding hydrogens is 641 g/mol. The molecule has 0 amide bonds. The van der Waals surface area contributed by atoms with Crippen LogP contribution >= 0.6 is 0 Å². The van der Waals surface area contributed by atoms with Gasteiger partial charge in [-0.3, -0.25) is 0 Å². The second kappa shape index (κ2) is 12.5. The molecule has 0 spiro atoms. The van der Waals surface area contributed by atoms with Gasteiger partial charge in [0.05, 0.1) is 11.0 Å². The minimum atomic E-state index is -0.0619. The van der Waals surface area contributed by atoms with Crippen molar-refractivity contribution in [2.75, 3.05) is 4.90 Å². The maximum absolute atomic E-state index is 2.49. The van der Waals surface area contributed by atoms with Crippen LogP contribution in [0.15, 0.2) is 181 Å². The van der Waals surface area contributed by atoms with E-state index in [2.05, 4.69) is 193 Å². The summed E-state index contributed by atoms with van der Waals surface area (Å²) in [5.41, 5.74) is 18.2. The molecule has 0 atom stereocenters. The van der Waals surface area contributed by atoms with Crippen molar-refractivity contribution >= 4 is 44.6 Å². The Hall–Kier alpha value is -6.12. The van der Waals surface area contributed by atoms with E-state index >= 15 is 0 Å². The van der Waals surface area contributed by atoms with E-state index in [4.69, 9.17) is 0 Å². The van der Waals surface area contributed by atoms with Crippen molar-refractivity contribution in [3.8, 4) is 22.3 Å². The number of aromatic nitrogens is 1. The molecule has 0 unspecified atom stereocenters. The van der Waals surface area contributed by atoms with Crippen LogP contribution in [0.5, 0.6) is 0 Å². The van der Waals surface area contributed by atoms with Gasteiger partial charge in [-0.1, -0.05) is 123 Å². The number of allylic oxidation sites excluding steroid dienone is 8. The molecule has 0 aliphatic heterocycles. The first-order valence-electron chi connectivity index (χ1n) is 19.0. The summed E-state index contributed by atoms with van der Waals surface area (Å²) in [5.74, 6) is 0. The fourth-order valence-corrected chi connectivity index (χ4v) is 9.07. The van der Waals surface area contributed by atoms with E-state index < -0.39 is 0 Å². The van der Waals surface area contributed by atoms with Crippen LogP contribution < -0.4 is 4.90 Å². The third kappa shape index (κ3) is 5.24. The third-order valence-corrected chi connectivity index (χ3v) is 11.8. The number of anilines is 3. The van der Waals surface area contributed by atoms with Gasteiger partial charge >= 0.3 is 0 Å². The van der Waals surface area contributed by atoms with Crippen LogP contribution in [0.3, 0.4) is 0 Å². The first-order chi connectivity index (χ1) is 26.0. The van der Waals surface area contributed by atoms with Crippen molar-refractivity contribution in [2.45, 2.75) is 44.9 Å². The van der Waals surface area contributed by atoms with Gasteiger partial charge in [-0.15, -0.1) is 0 Å². The van der Waals surface area contributed by atoms with Crippen LogP contribution in [0.1, 0.15) is 50.7 Å². The smallest absolute Gasteiger partial charge is 0.0538 e. The maximum atomic E-state index is 2.49. The number of para-hydroxylation sites is 2. The zero-order valence-electron chi connectivity index (χ0n) is 30.4. The molecule has 0 saturated carbocycles. The van der Waals surface area contributed by atoms with Gasteiger partial charge in [0.1, 0.15) is 0 Å². The molecule has 53 heavy (non-hydrogen) atoms. The molecule has 0 radical (unpaired) electrons. The van der Waals surface area contributed by atoms with Crippen LogP contribution in [0.25, 0.3) is 49.8 Å². The van der Waals surface area contributed by atoms with E-state index in [0.29, 0.717) is 0 Å². The molecule has 2 nitrogen and oxygen atoms in total. The summed E-state index contributed by atoms with van der Waals surface area (Å²) in [4.78, 5) is 2.39. The van der Waals surface area contributed by atoms with Gasteiger partial charge in [0, 0.05) is 38.9 Å². The molecule has 0 saturated heterocycles. The van der Waals surface area contributed by atoms with Crippen molar-refractivity contribution in [3.05, 3.63) is 192 Å². The lowest BCUT2D eigenvalue weighted by molar-refractivity contribution is 0.660. The number of fused-ring (bicyclic) bond motifs is 6. The third-order valence-electron chi connectivity index (χ3n) is 11.8. The molecule has 1 heterocycles. The summed E-state index contributed by atoms with van der Waals surface area (Å²) < 4.78 is 2.49. The van der Waals surface area contributed by atoms with E-state index in [0.717, 1.165) is 37.1 Å². The Morgan fingerprint density at radius 1 is 0.509 bits per heavy atom. The van der Waals surface area contributed by atoms with E-state index in [-0.39, 0.29) is 5.41 Å². The summed E-state index contributed by atoms with van der Waals surface area (Å²) in [6.45, 7) is 4.70. The average Bonchev–Trinajstić information content (AvgIpc) is 3.67. The summed E-state index contributed by atoms with van der Waals surface area (Å²) in [7, 11) is 0. The van der Waals surface area contributed by atoms with Crippen molar-refractivity contribution in [1.29, 1.82) is 0 Å². The Morgan fingerprint density at radius 3 is 2.02 bits per heavy atom. The van der Waals surface area contributed by atoms with Gasteiger partial charge in [0.2, 0.25) is 0 Å². The van der Waals surface area contributed by atoms with Crippen molar-refractivity contribution < 1.29 is 0 Å². The Morgan fingerprint density at radius 2 is 1.21 bits per heavy atom. The molecule has 3 aliphatic rings. The average molecular weight is 683 g/mol.